The predicted molar refractivity (Wildman–Crippen MR) is 123 cm³/mol. The summed E-state index contributed by atoms with van der Waals surface area (Å²) in [5.41, 5.74) is 7.43. The summed E-state index contributed by atoms with van der Waals surface area (Å²) in [5, 5.41) is 0. The van der Waals surface area contributed by atoms with Gasteiger partial charge >= 0.3 is 5.97 Å². The Labute approximate surface area is 188 Å². The van der Waals surface area contributed by atoms with Gasteiger partial charge in [0.1, 0.15) is 13.9 Å². The number of hydrogen-bond donors (Lipinski definition) is 1. The van der Waals surface area contributed by atoms with Crippen LogP contribution in [0.25, 0.3) is 0 Å². The van der Waals surface area contributed by atoms with E-state index in [2.05, 4.69) is 30.9 Å². The van der Waals surface area contributed by atoms with Crippen molar-refractivity contribution in [3.05, 3.63) is 23.3 Å². The van der Waals surface area contributed by atoms with Crippen LogP contribution in [-0.2, 0) is 16.0 Å². The van der Waals surface area contributed by atoms with Crippen molar-refractivity contribution in [1.82, 2.24) is 4.90 Å². The Morgan fingerprint density at radius 1 is 1.23 bits per heavy atom. The second-order valence-corrected chi connectivity index (χ2v) is 9.84. The average molecular weight is 428 g/mol. The smallest absolute Gasteiger partial charge is 0.322 e. The molecule has 7 heteroatoms. The highest BCUT2D eigenvalue weighted by Gasteiger charge is 2.48. The van der Waals surface area contributed by atoms with Gasteiger partial charge in [-0.05, 0) is 54.4 Å². The maximum absolute atomic E-state index is 12.8. The third kappa shape index (κ3) is 4.88. The fourth-order valence-corrected chi connectivity index (χ4v) is 4.94. The van der Waals surface area contributed by atoms with Crippen LogP contribution in [0.5, 0.6) is 11.5 Å². The van der Waals surface area contributed by atoms with E-state index in [4.69, 9.17) is 27.8 Å². The predicted octanol–water partition coefficient (Wildman–Crippen LogP) is 3.06. The second kappa shape index (κ2) is 9.41. The first-order valence-electron chi connectivity index (χ1n) is 11.4. The summed E-state index contributed by atoms with van der Waals surface area (Å²) in [5.74, 6) is 1.51. The van der Waals surface area contributed by atoms with Gasteiger partial charge in [-0.15, -0.1) is 0 Å². The number of hydrogen-bond acceptors (Lipinski definition) is 6. The van der Waals surface area contributed by atoms with Crippen molar-refractivity contribution in [3.8, 4) is 11.5 Å². The molecule has 170 valence electrons. The molecule has 6 nitrogen and oxygen atoms in total. The van der Waals surface area contributed by atoms with Crippen molar-refractivity contribution >= 4 is 13.8 Å². The molecule has 31 heavy (non-hydrogen) atoms. The number of piperidine rings is 1. The van der Waals surface area contributed by atoms with Crippen molar-refractivity contribution in [1.29, 1.82) is 0 Å². The van der Waals surface area contributed by atoms with E-state index in [1.807, 2.05) is 13.8 Å². The molecule has 0 amide bonds. The molecule has 2 aliphatic heterocycles. The molecule has 0 spiro atoms. The van der Waals surface area contributed by atoms with Gasteiger partial charge < -0.3 is 19.9 Å². The van der Waals surface area contributed by atoms with Gasteiger partial charge in [-0.2, -0.15) is 0 Å². The molecule has 2 radical (unpaired) electrons. The highest BCUT2D eigenvalue weighted by atomic mass is 16.6. The maximum Gasteiger partial charge on any atom is 0.322 e. The molecule has 3 rings (SSSR count). The number of methoxy groups -OCH3 is 2. The SMILES string of the molecule is [B]C1(OC(=O)[C@@H](N)C(C)C)CC2c3cc(OC)c(OC)cc3CCN2CC1CC(C)C. The van der Waals surface area contributed by atoms with E-state index < -0.39 is 17.5 Å². The van der Waals surface area contributed by atoms with Crippen molar-refractivity contribution in [3.63, 3.8) is 0 Å². The molecule has 1 aromatic carbocycles. The Balaban J connectivity index is 1.95. The van der Waals surface area contributed by atoms with Crippen LogP contribution in [0.2, 0.25) is 0 Å². The van der Waals surface area contributed by atoms with Crippen LogP contribution >= 0.6 is 0 Å². The average Bonchev–Trinajstić information content (AvgIpc) is 2.72. The van der Waals surface area contributed by atoms with E-state index in [9.17, 15) is 4.79 Å². The fourth-order valence-electron chi connectivity index (χ4n) is 4.94. The van der Waals surface area contributed by atoms with Crippen LogP contribution in [0.15, 0.2) is 12.1 Å². The van der Waals surface area contributed by atoms with Gasteiger partial charge in [0.2, 0.25) is 0 Å². The monoisotopic (exact) mass is 428 g/mol. The highest BCUT2D eigenvalue weighted by Crippen LogP contribution is 2.47. The standard InChI is InChI=1S/C24H37BN2O4/c1-14(2)9-17-13-27-8-7-16-10-20(29-5)21(30-6)11-18(16)19(27)12-24(17,25)31-23(28)22(26)15(3)4/h10-11,14-15,17,19,22H,7-9,12-13,26H2,1-6H3/t17?,19?,22-,24?/m0/s1. The lowest BCUT2D eigenvalue weighted by Gasteiger charge is -2.52. The van der Waals surface area contributed by atoms with E-state index in [0.717, 1.165) is 31.7 Å². The molecule has 3 unspecified atom stereocenters. The Bertz CT molecular complexity index is 800. The first kappa shape index (κ1) is 23.9. The molecule has 2 heterocycles. The number of nitrogens with two attached hydrogens (primary N) is 1. The van der Waals surface area contributed by atoms with Crippen molar-refractivity contribution < 1.29 is 19.0 Å². The summed E-state index contributed by atoms with van der Waals surface area (Å²) in [6, 6.07) is 3.49. The van der Waals surface area contributed by atoms with Gasteiger partial charge in [-0.25, -0.2) is 0 Å². The van der Waals surface area contributed by atoms with Crippen LogP contribution in [0.1, 0.15) is 57.7 Å². The number of benzene rings is 1. The summed E-state index contributed by atoms with van der Waals surface area (Å²) in [7, 11) is 10.2. The van der Waals surface area contributed by atoms with Crippen LogP contribution in [0.4, 0.5) is 0 Å². The molecule has 0 aliphatic carbocycles. The van der Waals surface area contributed by atoms with E-state index >= 15 is 0 Å². The Morgan fingerprint density at radius 2 is 1.87 bits per heavy atom. The zero-order chi connectivity index (χ0) is 22.9. The minimum absolute atomic E-state index is 0.00753. The van der Waals surface area contributed by atoms with Crippen LogP contribution < -0.4 is 15.2 Å². The zero-order valence-corrected chi connectivity index (χ0v) is 19.8. The van der Waals surface area contributed by atoms with Crippen molar-refractivity contribution in [2.45, 2.75) is 64.5 Å². The van der Waals surface area contributed by atoms with Gasteiger partial charge in [0.25, 0.3) is 0 Å². The Kier molecular flexibility index (Phi) is 7.26. The van der Waals surface area contributed by atoms with Crippen molar-refractivity contribution in [2.24, 2.45) is 23.5 Å². The quantitative estimate of drug-likeness (QED) is 0.532. The minimum Gasteiger partial charge on any atom is -0.493 e. The van der Waals surface area contributed by atoms with Crippen LogP contribution in [0.3, 0.4) is 0 Å². The summed E-state index contributed by atoms with van der Waals surface area (Å²) in [6.45, 7) is 9.92. The summed E-state index contributed by atoms with van der Waals surface area (Å²) >= 11 is 0. The molecule has 0 bridgehead atoms. The highest BCUT2D eigenvalue weighted by molar-refractivity contribution is 6.15. The number of fused-ring (bicyclic) bond motifs is 3. The number of esters is 1. The molecule has 4 atom stereocenters. The number of rotatable bonds is 7. The van der Waals surface area contributed by atoms with E-state index in [0.29, 0.717) is 18.1 Å². The topological polar surface area (TPSA) is 74.0 Å². The summed E-state index contributed by atoms with van der Waals surface area (Å²) in [4.78, 5) is 15.3. The minimum atomic E-state index is -1.06. The Hall–Kier alpha value is -1.73. The van der Waals surface area contributed by atoms with Crippen molar-refractivity contribution in [2.75, 3.05) is 27.3 Å². The van der Waals surface area contributed by atoms with E-state index in [1.165, 1.54) is 11.1 Å². The number of carbonyl (C=O) groups excluding carboxylic acids is 1. The number of nitrogens with zero attached hydrogens (tertiary/aromatic N) is 1. The van der Waals surface area contributed by atoms with Gasteiger partial charge in [0.05, 0.1) is 19.7 Å². The third-order valence-electron chi connectivity index (χ3n) is 6.81. The van der Waals surface area contributed by atoms with E-state index in [1.54, 1.807) is 14.2 Å². The maximum atomic E-state index is 12.8. The van der Waals surface area contributed by atoms with Gasteiger partial charge in [0, 0.05) is 25.0 Å². The lowest BCUT2D eigenvalue weighted by molar-refractivity contribution is -0.166. The van der Waals surface area contributed by atoms with Gasteiger partial charge in [-0.1, -0.05) is 27.7 Å². The molecule has 1 aromatic rings. The number of ether oxygens (including phenoxy) is 3. The molecular weight excluding hydrogens is 391 g/mol. The number of carbonyl (C=O) groups is 1. The molecule has 1 fully saturated rings. The molecular formula is C24H37BN2O4. The lowest BCUT2D eigenvalue weighted by atomic mass is 9.61. The fraction of sp³-hybridized carbons (Fsp3) is 0.708. The molecule has 2 aliphatic rings. The molecule has 0 saturated carbocycles. The molecule has 1 saturated heterocycles. The Morgan fingerprint density at radius 3 is 2.45 bits per heavy atom. The van der Waals surface area contributed by atoms with Gasteiger partial charge in [-0.3, -0.25) is 9.69 Å². The zero-order valence-electron chi connectivity index (χ0n) is 19.8. The first-order valence-corrected chi connectivity index (χ1v) is 11.4. The second-order valence-electron chi connectivity index (χ2n) is 9.84. The normalized spacial score (nSPS) is 26.9. The summed E-state index contributed by atoms with van der Waals surface area (Å²) < 4.78 is 17.1. The first-order chi connectivity index (χ1) is 14.6. The van der Waals surface area contributed by atoms with Crippen LogP contribution in [0, 0.1) is 17.8 Å². The largest absolute Gasteiger partial charge is 0.493 e. The van der Waals surface area contributed by atoms with E-state index in [-0.39, 0.29) is 17.9 Å². The molecule has 0 aromatic heterocycles. The third-order valence-corrected chi connectivity index (χ3v) is 6.81. The van der Waals surface area contributed by atoms with Gasteiger partial charge in [0.15, 0.2) is 11.5 Å². The molecule has 2 N–H and O–H groups in total. The lowest BCUT2D eigenvalue weighted by Crippen LogP contribution is -2.58. The van der Waals surface area contributed by atoms with Crippen LogP contribution in [-0.4, -0.2) is 57.6 Å². The summed E-state index contributed by atoms with van der Waals surface area (Å²) in [6.07, 6.45) is 2.36.